The fourth-order valence-corrected chi connectivity index (χ4v) is 12.8. The molecule has 6 rings (SSSR count). The van der Waals surface area contributed by atoms with Crippen LogP contribution in [0.5, 0.6) is 0 Å². The second-order valence-corrected chi connectivity index (χ2v) is 19.4. The number of piperidine rings is 1. The van der Waals surface area contributed by atoms with Crippen molar-refractivity contribution < 1.29 is 32.4 Å². The molecule has 3 heterocycles. The Kier molecular flexibility index (Phi) is 10.6. The number of carbonyl (C=O) groups is 5. The highest BCUT2D eigenvalue weighted by molar-refractivity contribution is 7.92. The van der Waals surface area contributed by atoms with Gasteiger partial charge >= 0.3 is 0 Å². The van der Waals surface area contributed by atoms with E-state index in [9.17, 15) is 32.4 Å². The van der Waals surface area contributed by atoms with Crippen LogP contribution in [0.25, 0.3) is 0 Å². The minimum atomic E-state index is -3.23. The molecule has 0 spiro atoms. The van der Waals surface area contributed by atoms with Gasteiger partial charge in [-0.1, -0.05) is 71.6 Å². The lowest BCUT2D eigenvalue weighted by Crippen LogP contribution is -2.49. The molecule has 2 amide bonds. The van der Waals surface area contributed by atoms with E-state index in [4.69, 9.17) is 0 Å². The van der Waals surface area contributed by atoms with Crippen molar-refractivity contribution in [3.05, 3.63) is 0 Å². The molecule has 0 radical (unpaired) electrons. The average Bonchev–Trinajstić information content (AvgIpc) is 3.82. The first kappa shape index (κ1) is 35.7. The van der Waals surface area contributed by atoms with Crippen LogP contribution in [0.2, 0.25) is 0 Å². The number of fused-ring (bicyclic) bond motifs is 3. The van der Waals surface area contributed by atoms with E-state index in [1.165, 1.54) is 0 Å². The molecular formula is C38H58N2O7S. The summed E-state index contributed by atoms with van der Waals surface area (Å²) in [4.78, 5) is 70.6. The Morgan fingerprint density at radius 3 is 2.12 bits per heavy atom. The van der Waals surface area contributed by atoms with Gasteiger partial charge in [0.2, 0.25) is 11.7 Å². The van der Waals surface area contributed by atoms with E-state index in [-0.39, 0.29) is 65.8 Å². The maximum Gasteiger partial charge on any atom is 0.287 e. The van der Waals surface area contributed by atoms with Gasteiger partial charge in [-0.3, -0.25) is 24.0 Å². The largest absolute Gasteiger partial charge is 0.347 e. The van der Waals surface area contributed by atoms with Gasteiger partial charge in [0.1, 0.15) is 5.78 Å². The highest BCUT2D eigenvalue weighted by Crippen LogP contribution is 2.65. The molecule has 0 aromatic heterocycles. The average molecular weight is 687 g/mol. The van der Waals surface area contributed by atoms with Gasteiger partial charge in [-0.05, 0) is 74.0 Å². The summed E-state index contributed by atoms with van der Waals surface area (Å²) in [5, 5.41) is 2.35. The van der Waals surface area contributed by atoms with E-state index in [1.807, 2.05) is 0 Å². The molecule has 6 atom stereocenters. The quantitative estimate of drug-likeness (QED) is 0.332. The minimum absolute atomic E-state index is 0.00936. The van der Waals surface area contributed by atoms with Gasteiger partial charge in [0.05, 0.1) is 17.0 Å². The first-order chi connectivity index (χ1) is 22.8. The van der Waals surface area contributed by atoms with Crippen LogP contribution < -0.4 is 5.32 Å². The van der Waals surface area contributed by atoms with E-state index < -0.39 is 50.1 Å². The molecule has 268 valence electrons. The van der Waals surface area contributed by atoms with E-state index >= 15 is 0 Å². The Labute approximate surface area is 287 Å². The predicted octanol–water partition coefficient (Wildman–Crippen LogP) is 5.52. The molecule has 48 heavy (non-hydrogen) atoms. The van der Waals surface area contributed by atoms with Gasteiger partial charge in [0.15, 0.2) is 15.6 Å². The van der Waals surface area contributed by atoms with Crippen molar-refractivity contribution in [2.45, 2.75) is 160 Å². The smallest absolute Gasteiger partial charge is 0.287 e. The summed E-state index contributed by atoms with van der Waals surface area (Å²) in [6, 6.07) is -0.582. The van der Waals surface area contributed by atoms with E-state index in [2.05, 4.69) is 19.2 Å². The summed E-state index contributed by atoms with van der Waals surface area (Å²) in [5.41, 5.74) is -0.618. The number of nitrogens with zero attached hydrogens (tertiary/aromatic N) is 1. The van der Waals surface area contributed by atoms with Crippen molar-refractivity contribution in [3.8, 4) is 0 Å². The lowest BCUT2D eigenvalue weighted by Gasteiger charge is -2.41. The number of hydrogen-bond acceptors (Lipinski definition) is 7. The third kappa shape index (κ3) is 7.48. The lowest BCUT2D eigenvalue weighted by molar-refractivity contribution is -0.146. The fraction of sp³-hybridized carbons (Fsp3) is 0.868. The Balaban J connectivity index is 1.21. The van der Waals surface area contributed by atoms with Crippen molar-refractivity contribution in [2.24, 2.45) is 34.5 Å². The summed E-state index contributed by atoms with van der Waals surface area (Å²) >= 11 is 0. The molecule has 9 nitrogen and oxygen atoms in total. The van der Waals surface area contributed by atoms with Crippen molar-refractivity contribution >= 4 is 39.0 Å². The van der Waals surface area contributed by atoms with Gasteiger partial charge < -0.3 is 10.2 Å². The lowest BCUT2D eigenvalue weighted by atomic mass is 9.67. The number of sulfone groups is 1. The molecule has 0 aromatic rings. The van der Waals surface area contributed by atoms with Crippen LogP contribution in [-0.2, 0) is 33.8 Å². The molecular weight excluding hydrogens is 628 g/mol. The summed E-state index contributed by atoms with van der Waals surface area (Å²) in [6.45, 7) is 4.75. The van der Waals surface area contributed by atoms with Crippen LogP contribution in [0.15, 0.2) is 0 Å². The Hall–Kier alpha value is -2.10. The number of rotatable bonds is 8. The standard InChI is InChI=1S/C38H58N2O7S/c1-37(2)29-24-40-33(32(29)37)30(42)22-25(34(43)35(44)39-27-16-17-27)13-8-5-3-4-6-9-14-26(36(40)45)21-28(41)23-38(18-10-7-11-19-38)31-15-12-20-48(31,46)47/h25-27,29,31-33H,3-24H2,1-2H3,(H,39,44)/t25-,26-,29+,31+,32+,33-/m1/s1. The number of carbonyl (C=O) groups excluding carboxylic acids is 5. The van der Waals surface area contributed by atoms with Gasteiger partial charge in [-0.25, -0.2) is 8.42 Å². The molecule has 0 aromatic carbocycles. The Morgan fingerprint density at radius 1 is 0.833 bits per heavy atom. The van der Waals surface area contributed by atoms with Gasteiger partial charge in [-0.15, -0.1) is 0 Å². The van der Waals surface area contributed by atoms with Gasteiger partial charge in [0, 0.05) is 43.7 Å². The molecule has 3 saturated carbocycles. The highest BCUT2D eigenvalue weighted by atomic mass is 32.2. The maximum absolute atomic E-state index is 14.5. The molecule has 6 aliphatic rings. The maximum atomic E-state index is 14.5. The number of hydrogen-bond donors (Lipinski definition) is 1. The molecule has 0 bridgehead atoms. The van der Waals surface area contributed by atoms with Crippen molar-refractivity contribution in [1.82, 2.24) is 10.2 Å². The van der Waals surface area contributed by atoms with Crippen LogP contribution in [-0.4, -0.2) is 72.1 Å². The SMILES string of the molecule is CC1(C)[C@@H]2[C@H]3C(=O)C[C@H](C(=O)C(=O)NC4CC4)CCCCCCCC[C@H](CC(=O)CC4([C@@H]5CCCS5(=O)=O)CCCCC4)C(=O)N3C[C@@H]21. The molecule has 10 heteroatoms. The summed E-state index contributed by atoms with van der Waals surface area (Å²) in [7, 11) is -3.23. The fourth-order valence-electron chi connectivity index (χ4n) is 10.4. The first-order valence-electron chi connectivity index (χ1n) is 19.3. The van der Waals surface area contributed by atoms with E-state index in [1.54, 1.807) is 4.90 Å². The van der Waals surface area contributed by atoms with Gasteiger partial charge in [-0.2, -0.15) is 0 Å². The van der Waals surface area contributed by atoms with Crippen LogP contribution in [0.3, 0.4) is 0 Å². The zero-order chi connectivity index (χ0) is 34.3. The Bertz CT molecular complexity index is 1380. The van der Waals surface area contributed by atoms with E-state index in [0.717, 1.165) is 83.5 Å². The second kappa shape index (κ2) is 14.3. The summed E-state index contributed by atoms with van der Waals surface area (Å²) in [6.07, 6.45) is 14.2. The van der Waals surface area contributed by atoms with E-state index in [0.29, 0.717) is 32.2 Å². The topological polar surface area (TPSA) is 135 Å². The monoisotopic (exact) mass is 686 g/mol. The van der Waals surface area contributed by atoms with Crippen molar-refractivity contribution in [1.29, 1.82) is 0 Å². The third-order valence-corrected chi connectivity index (χ3v) is 15.8. The summed E-state index contributed by atoms with van der Waals surface area (Å²) < 4.78 is 26.3. The molecule has 3 aliphatic heterocycles. The van der Waals surface area contributed by atoms with Crippen LogP contribution >= 0.6 is 0 Å². The second-order valence-electron chi connectivity index (χ2n) is 17.1. The van der Waals surface area contributed by atoms with Crippen molar-refractivity contribution in [3.63, 3.8) is 0 Å². The molecule has 6 fully saturated rings. The van der Waals surface area contributed by atoms with Crippen LogP contribution in [0.4, 0.5) is 0 Å². The first-order valence-corrected chi connectivity index (χ1v) is 21.0. The van der Waals surface area contributed by atoms with Crippen molar-refractivity contribution in [2.75, 3.05) is 12.3 Å². The molecule has 3 aliphatic carbocycles. The van der Waals surface area contributed by atoms with Crippen LogP contribution in [0, 0.1) is 34.5 Å². The number of Topliss-reactive ketones (excluding diaryl/α,β-unsaturated/α-hetero) is 3. The molecule has 1 N–H and O–H groups in total. The number of amides is 2. The third-order valence-electron chi connectivity index (χ3n) is 13.4. The predicted molar refractivity (Wildman–Crippen MR) is 183 cm³/mol. The zero-order valence-corrected chi connectivity index (χ0v) is 30.1. The zero-order valence-electron chi connectivity index (χ0n) is 29.3. The normalized spacial score (nSPS) is 35.1. The molecule has 0 unspecified atom stereocenters. The highest BCUT2D eigenvalue weighted by Gasteiger charge is 2.69. The number of ketones is 3. The summed E-state index contributed by atoms with van der Waals surface area (Å²) in [5.74, 6) is -2.21. The van der Waals surface area contributed by atoms with Crippen LogP contribution in [0.1, 0.15) is 142 Å². The minimum Gasteiger partial charge on any atom is -0.347 e. The molecule has 3 saturated heterocycles. The number of nitrogens with one attached hydrogen (secondary N) is 1. The Morgan fingerprint density at radius 2 is 1.48 bits per heavy atom. The van der Waals surface area contributed by atoms with Gasteiger partial charge in [0.25, 0.3) is 5.91 Å².